The molecule has 0 bridgehead atoms. The number of methoxy groups -OCH3 is 2. The van der Waals surface area contributed by atoms with Gasteiger partial charge in [-0.15, -0.1) is 0 Å². The van der Waals surface area contributed by atoms with Gasteiger partial charge in [-0.25, -0.2) is 0 Å². The second-order valence-electron chi connectivity index (χ2n) is 6.31. The summed E-state index contributed by atoms with van der Waals surface area (Å²) in [6.45, 7) is 2.36. The summed E-state index contributed by atoms with van der Waals surface area (Å²) in [7, 11) is 3.14. The normalized spacial score (nSPS) is 15.2. The molecule has 136 valence electrons. The molecule has 1 amide bonds. The molecule has 6 heteroatoms. The molecule has 0 saturated carbocycles. The van der Waals surface area contributed by atoms with Crippen LogP contribution in [0.5, 0.6) is 23.0 Å². The minimum absolute atomic E-state index is 0.0218. The summed E-state index contributed by atoms with van der Waals surface area (Å²) in [5.41, 5.74) is 2.91. The minimum atomic E-state index is -0.0218. The first-order chi connectivity index (χ1) is 12.7. The van der Waals surface area contributed by atoms with Gasteiger partial charge in [0.15, 0.2) is 23.0 Å². The Labute approximate surface area is 152 Å². The van der Waals surface area contributed by atoms with Crippen LogP contribution in [0.2, 0.25) is 0 Å². The number of benzene rings is 2. The molecule has 6 nitrogen and oxygen atoms in total. The Morgan fingerprint density at radius 2 is 1.65 bits per heavy atom. The number of ether oxygens (including phenoxy) is 4. The molecule has 2 aromatic carbocycles. The van der Waals surface area contributed by atoms with Gasteiger partial charge in [0, 0.05) is 18.7 Å². The molecule has 0 aromatic heterocycles. The van der Waals surface area contributed by atoms with E-state index in [4.69, 9.17) is 18.9 Å². The summed E-state index contributed by atoms with van der Waals surface area (Å²) in [5.74, 6) is 2.70. The molecule has 0 aliphatic carbocycles. The van der Waals surface area contributed by atoms with Gasteiger partial charge < -0.3 is 23.8 Å². The fourth-order valence-electron chi connectivity index (χ4n) is 3.42. The van der Waals surface area contributed by atoms with Crippen molar-refractivity contribution in [2.45, 2.75) is 13.0 Å². The number of rotatable bonds is 3. The molecule has 0 unspecified atom stereocenters. The molecule has 4 rings (SSSR count). The molecule has 2 aliphatic rings. The maximum atomic E-state index is 12.9. The number of carbonyl (C=O) groups excluding carboxylic acids is 1. The molecule has 26 heavy (non-hydrogen) atoms. The Hall–Kier alpha value is -2.89. The Kier molecular flexibility index (Phi) is 4.32. The standard InChI is InChI=1S/C20H21NO5/c1-23-16-4-3-14(10-17(16)24-2)20(22)21-6-5-13-9-18-19(11-15(13)12-21)26-8-7-25-18/h3-4,9-11H,5-8,12H2,1-2H3. The van der Waals surface area contributed by atoms with Crippen LogP contribution in [0, 0.1) is 0 Å². The molecule has 2 heterocycles. The third kappa shape index (κ3) is 2.92. The van der Waals surface area contributed by atoms with Crippen molar-refractivity contribution in [2.75, 3.05) is 34.0 Å². The van der Waals surface area contributed by atoms with Crippen LogP contribution in [-0.4, -0.2) is 44.8 Å². The van der Waals surface area contributed by atoms with E-state index in [0.29, 0.717) is 43.4 Å². The zero-order valence-corrected chi connectivity index (χ0v) is 14.9. The average molecular weight is 355 g/mol. The van der Waals surface area contributed by atoms with Gasteiger partial charge in [0.1, 0.15) is 13.2 Å². The molecule has 2 aromatic rings. The van der Waals surface area contributed by atoms with Gasteiger partial charge in [0.25, 0.3) is 5.91 Å². The van der Waals surface area contributed by atoms with Gasteiger partial charge in [-0.3, -0.25) is 4.79 Å². The van der Waals surface area contributed by atoms with Crippen LogP contribution in [0.1, 0.15) is 21.5 Å². The molecule has 0 saturated heterocycles. The SMILES string of the molecule is COc1ccc(C(=O)N2CCc3cc4c(cc3C2)OCCO4)cc1OC. The monoisotopic (exact) mass is 355 g/mol. The Balaban J connectivity index is 1.57. The number of fused-ring (bicyclic) bond motifs is 2. The first kappa shape index (κ1) is 16.6. The number of hydrogen-bond acceptors (Lipinski definition) is 5. The summed E-state index contributed by atoms with van der Waals surface area (Å²) in [5, 5.41) is 0. The van der Waals surface area contributed by atoms with E-state index in [0.717, 1.165) is 23.5 Å². The second kappa shape index (κ2) is 6.78. The van der Waals surface area contributed by atoms with E-state index in [1.165, 1.54) is 5.56 Å². The van der Waals surface area contributed by atoms with E-state index in [9.17, 15) is 4.79 Å². The van der Waals surface area contributed by atoms with E-state index in [-0.39, 0.29) is 5.91 Å². The lowest BCUT2D eigenvalue weighted by molar-refractivity contribution is 0.0733. The van der Waals surface area contributed by atoms with Crippen molar-refractivity contribution in [3.8, 4) is 23.0 Å². The van der Waals surface area contributed by atoms with Crippen molar-refractivity contribution in [3.63, 3.8) is 0 Å². The Bertz CT molecular complexity index is 848. The maximum Gasteiger partial charge on any atom is 0.254 e. The highest BCUT2D eigenvalue weighted by Crippen LogP contribution is 2.36. The summed E-state index contributed by atoms with van der Waals surface area (Å²) in [4.78, 5) is 14.8. The van der Waals surface area contributed by atoms with E-state index in [2.05, 4.69) is 0 Å². The first-order valence-electron chi connectivity index (χ1n) is 8.62. The van der Waals surface area contributed by atoms with Crippen molar-refractivity contribution >= 4 is 5.91 Å². The Morgan fingerprint density at radius 1 is 0.962 bits per heavy atom. The molecule has 0 radical (unpaired) electrons. The summed E-state index contributed by atoms with van der Waals surface area (Å²) < 4.78 is 21.9. The van der Waals surface area contributed by atoms with Gasteiger partial charge in [-0.2, -0.15) is 0 Å². The topological polar surface area (TPSA) is 57.2 Å². The van der Waals surface area contributed by atoms with Gasteiger partial charge >= 0.3 is 0 Å². The van der Waals surface area contributed by atoms with E-state index in [1.54, 1.807) is 32.4 Å². The molecule has 2 aliphatic heterocycles. The molecule has 0 N–H and O–H groups in total. The molecule has 0 spiro atoms. The van der Waals surface area contributed by atoms with Crippen molar-refractivity contribution in [2.24, 2.45) is 0 Å². The van der Waals surface area contributed by atoms with Gasteiger partial charge in [-0.1, -0.05) is 0 Å². The molecule has 0 atom stereocenters. The van der Waals surface area contributed by atoms with Crippen LogP contribution < -0.4 is 18.9 Å². The van der Waals surface area contributed by atoms with Crippen LogP contribution in [0.25, 0.3) is 0 Å². The molecular weight excluding hydrogens is 334 g/mol. The lowest BCUT2D eigenvalue weighted by atomic mass is 9.98. The number of hydrogen-bond donors (Lipinski definition) is 0. The fraction of sp³-hybridized carbons (Fsp3) is 0.350. The average Bonchev–Trinajstić information content (AvgIpc) is 2.70. The third-order valence-electron chi connectivity index (χ3n) is 4.79. The second-order valence-corrected chi connectivity index (χ2v) is 6.31. The highest BCUT2D eigenvalue weighted by Gasteiger charge is 2.25. The van der Waals surface area contributed by atoms with Crippen LogP contribution in [0.3, 0.4) is 0 Å². The predicted octanol–water partition coefficient (Wildman–Crippen LogP) is 2.67. The number of amides is 1. The quantitative estimate of drug-likeness (QED) is 0.847. The molecular formula is C20H21NO5. The lowest BCUT2D eigenvalue weighted by Gasteiger charge is -2.30. The van der Waals surface area contributed by atoms with Crippen LogP contribution >= 0.6 is 0 Å². The van der Waals surface area contributed by atoms with Gasteiger partial charge in [-0.05, 0) is 47.9 Å². The highest BCUT2D eigenvalue weighted by atomic mass is 16.6. The van der Waals surface area contributed by atoms with Gasteiger partial charge in [0.2, 0.25) is 0 Å². The third-order valence-corrected chi connectivity index (χ3v) is 4.79. The number of carbonyl (C=O) groups is 1. The van der Waals surface area contributed by atoms with Crippen molar-refractivity contribution in [3.05, 3.63) is 47.0 Å². The fourth-order valence-corrected chi connectivity index (χ4v) is 3.42. The summed E-state index contributed by atoms with van der Waals surface area (Å²) in [6, 6.07) is 9.29. The van der Waals surface area contributed by atoms with Crippen molar-refractivity contribution in [1.29, 1.82) is 0 Å². The van der Waals surface area contributed by atoms with Crippen LogP contribution in [0.4, 0.5) is 0 Å². The molecule has 0 fully saturated rings. The van der Waals surface area contributed by atoms with Crippen molar-refractivity contribution in [1.82, 2.24) is 4.90 Å². The highest BCUT2D eigenvalue weighted by molar-refractivity contribution is 5.95. The largest absolute Gasteiger partial charge is 0.493 e. The predicted molar refractivity (Wildman–Crippen MR) is 95.4 cm³/mol. The van der Waals surface area contributed by atoms with E-state index < -0.39 is 0 Å². The number of nitrogens with zero attached hydrogens (tertiary/aromatic N) is 1. The summed E-state index contributed by atoms with van der Waals surface area (Å²) in [6.07, 6.45) is 0.797. The minimum Gasteiger partial charge on any atom is -0.493 e. The first-order valence-corrected chi connectivity index (χ1v) is 8.62. The van der Waals surface area contributed by atoms with Crippen LogP contribution in [0.15, 0.2) is 30.3 Å². The van der Waals surface area contributed by atoms with E-state index in [1.807, 2.05) is 17.0 Å². The van der Waals surface area contributed by atoms with Crippen molar-refractivity contribution < 1.29 is 23.7 Å². The van der Waals surface area contributed by atoms with E-state index >= 15 is 0 Å². The smallest absolute Gasteiger partial charge is 0.254 e. The zero-order valence-electron chi connectivity index (χ0n) is 14.9. The van der Waals surface area contributed by atoms with Crippen LogP contribution in [-0.2, 0) is 13.0 Å². The summed E-state index contributed by atoms with van der Waals surface area (Å²) >= 11 is 0. The Morgan fingerprint density at radius 3 is 2.35 bits per heavy atom. The lowest BCUT2D eigenvalue weighted by Crippen LogP contribution is -2.36. The maximum absolute atomic E-state index is 12.9. The van der Waals surface area contributed by atoms with Gasteiger partial charge in [0.05, 0.1) is 14.2 Å². The zero-order chi connectivity index (χ0) is 18.1.